The molecule has 0 radical (unpaired) electrons. The number of hydrogen-bond donors (Lipinski definition) is 1. The third-order valence-electron chi connectivity index (χ3n) is 8.88. The van der Waals surface area contributed by atoms with E-state index in [4.69, 9.17) is 23.2 Å². The molecule has 9 nitrogen and oxygen atoms in total. The lowest BCUT2D eigenvalue weighted by Crippen LogP contribution is -2.60. The molecule has 1 saturated carbocycles. The fourth-order valence-electron chi connectivity index (χ4n) is 6.94. The molecule has 2 aliphatic heterocycles. The number of allylic oxidation sites excluding steroid dienone is 2. The van der Waals surface area contributed by atoms with Gasteiger partial charge in [-0.3, -0.25) is 19.2 Å². The Morgan fingerprint density at radius 2 is 1.56 bits per heavy atom. The van der Waals surface area contributed by atoms with Gasteiger partial charge in [-0.2, -0.15) is 4.90 Å². The third kappa shape index (κ3) is 3.86. The molecule has 0 aromatic heterocycles. The van der Waals surface area contributed by atoms with Gasteiger partial charge in [0, 0.05) is 16.0 Å². The van der Waals surface area contributed by atoms with E-state index >= 15 is 8.78 Å². The summed E-state index contributed by atoms with van der Waals surface area (Å²) in [6.07, 6.45) is -0.816. The lowest BCUT2D eigenvalue weighted by Gasteiger charge is -2.50. The SMILES string of the molecule is COC(=O)N1C(=O)[C@H]2[C@H](CC=C3[C@H]2C[C@@]2(Cl)C(=O)N(c4c(F)c(F)c(F)c(F)c4F)C(=O)[C@@]2(Cl)[C@H]3c2cc(Br)ccc2O)C1=O. The van der Waals surface area contributed by atoms with Crippen LogP contribution in [0.5, 0.6) is 5.75 Å². The van der Waals surface area contributed by atoms with Crippen molar-refractivity contribution in [3.63, 3.8) is 0 Å². The Kier molecular flexibility index (Phi) is 7.14. The summed E-state index contributed by atoms with van der Waals surface area (Å²) in [4.78, 5) is 61.6. The van der Waals surface area contributed by atoms with E-state index in [-0.39, 0.29) is 27.4 Å². The molecule has 45 heavy (non-hydrogen) atoms. The number of likely N-dealkylation sites (tertiary alicyclic amines) is 1. The summed E-state index contributed by atoms with van der Waals surface area (Å²) >= 11 is 17.1. The average molecular weight is 738 g/mol. The molecule has 6 atom stereocenters. The van der Waals surface area contributed by atoms with Crippen LogP contribution in [-0.4, -0.2) is 56.6 Å². The highest BCUT2D eigenvalue weighted by molar-refractivity contribution is 9.10. The molecule has 2 aromatic rings. The Balaban J connectivity index is 1.61. The molecule has 6 rings (SSSR count). The van der Waals surface area contributed by atoms with E-state index in [1.54, 1.807) is 0 Å². The van der Waals surface area contributed by atoms with Crippen molar-refractivity contribution < 1.29 is 55.8 Å². The number of rotatable bonds is 2. The van der Waals surface area contributed by atoms with Gasteiger partial charge in [0.1, 0.15) is 11.4 Å². The van der Waals surface area contributed by atoms with Gasteiger partial charge in [0.15, 0.2) is 33.0 Å². The van der Waals surface area contributed by atoms with Gasteiger partial charge in [-0.05, 0) is 37.0 Å². The zero-order chi connectivity index (χ0) is 33.1. The first-order valence-corrected chi connectivity index (χ1v) is 14.5. The van der Waals surface area contributed by atoms with Crippen molar-refractivity contribution >= 4 is 74.5 Å². The second-order valence-electron chi connectivity index (χ2n) is 10.9. The zero-order valence-corrected chi connectivity index (χ0v) is 25.4. The van der Waals surface area contributed by atoms with E-state index in [0.717, 1.165) is 7.11 Å². The number of carbonyl (C=O) groups is 5. The molecule has 236 valence electrons. The normalized spacial score (nSPS) is 30.7. The highest BCUT2D eigenvalue weighted by Crippen LogP contribution is 2.66. The summed E-state index contributed by atoms with van der Waals surface area (Å²) in [5.41, 5.74) is -1.99. The van der Waals surface area contributed by atoms with Crippen LogP contribution in [0.3, 0.4) is 0 Å². The molecule has 0 unspecified atom stereocenters. The molecule has 2 aromatic carbocycles. The van der Waals surface area contributed by atoms with Crippen LogP contribution in [0.25, 0.3) is 0 Å². The number of carbonyl (C=O) groups excluding carboxylic acids is 5. The molecular formula is C28H16BrCl2F5N2O7. The summed E-state index contributed by atoms with van der Waals surface area (Å²) < 4.78 is 77.4. The van der Waals surface area contributed by atoms with Gasteiger partial charge in [0.25, 0.3) is 11.8 Å². The number of alkyl halides is 2. The van der Waals surface area contributed by atoms with Crippen molar-refractivity contribution in [2.24, 2.45) is 17.8 Å². The molecule has 5 amide bonds. The molecule has 4 aliphatic rings. The maximum absolute atomic E-state index is 15.0. The number of imide groups is 4. The van der Waals surface area contributed by atoms with Crippen molar-refractivity contribution in [3.05, 3.63) is 69.0 Å². The number of methoxy groups -OCH3 is 1. The minimum Gasteiger partial charge on any atom is -0.508 e. The summed E-state index contributed by atoms with van der Waals surface area (Å²) in [5, 5.41) is 10.9. The Bertz CT molecular complexity index is 1800. The van der Waals surface area contributed by atoms with Gasteiger partial charge < -0.3 is 9.84 Å². The van der Waals surface area contributed by atoms with Gasteiger partial charge in [0.05, 0.1) is 18.9 Å². The summed E-state index contributed by atoms with van der Waals surface area (Å²) in [6.45, 7) is 0. The van der Waals surface area contributed by atoms with Gasteiger partial charge >= 0.3 is 6.09 Å². The van der Waals surface area contributed by atoms with Crippen LogP contribution in [0.4, 0.5) is 32.4 Å². The van der Waals surface area contributed by atoms with Gasteiger partial charge in [-0.15, -0.1) is 23.2 Å². The predicted octanol–water partition coefficient (Wildman–Crippen LogP) is 5.18. The molecule has 0 spiro atoms. The lowest BCUT2D eigenvalue weighted by molar-refractivity contribution is -0.138. The largest absolute Gasteiger partial charge is 0.508 e. The van der Waals surface area contributed by atoms with Crippen molar-refractivity contribution in [3.8, 4) is 5.75 Å². The van der Waals surface area contributed by atoms with Crippen LogP contribution in [-0.2, 0) is 23.9 Å². The highest BCUT2D eigenvalue weighted by atomic mass is 79.9. The second kappa shape index (κ2) is 10.2. The monoisotopic (exact) mass is 736 g/mol. The number of benzene rings is 2. The van der Waals surface area contributed by atoms with Crippen molar-refractivity contribution in [2.75, 3.05) is 12.0 Å². The molecule has 3 fully saturated rings. The first-order valence-electron chi connectivity index (χ1n) is 13.0. The number of halogens is 8. The smallest absolute Gasteiger partial charge is 0.423 e. The Labute approximate surface area is 267 Å². The van der Waals surface area contributed by atoms with Crippen molar-refractivity contribution in [1.82, 2.24) is 4.90 Å². The fourth-order valence-corrected chi connectivity index (χ4v) is 8.25. The van der Waals surface area contributed by atoms with E-state index in [2.05, 4.69) is 20.7 Å². The van der Waals surface area contributed by atoms with E-state index < -0.39 is 110 Å². The molecule has 2 aliphatic carbocycles. The fraction of sp³-hybridized carbons (Fsp3) is 0.321. The highest BCUT2D eigenvalue weighted by Gasteiger charge is 2.77. The van der Waals surface area contributed by atoms with Crippen LogP contribution in [0.1, 0.15) is 24.3 Å². The van der Waals surface area contributed by atoms with Crippen molar-refractivity contribution in [1.29, 1.82) is 0 Å². The number of amides is 5. The number of hydrogen-bond acceptors (Lipinski definition) is 7. The lowest BCUT2D eigenvalue weighted by atomic mass is 9.56. The maximum Gasteiger partial charge on any atom is 0.423 e. The predicted molar refractivity (Wildman–Crippen MR) is 146 cm³/mol. The van der Waals surface area contributed by atoms with Gasteiger partial charge in [-0.25, -0.2) is 31.6 Å². The molecule has 1 N–H and O–H groups in total. The number of aromatic hydroxyl groups is 1. The minimum atomic E-state index is -2.80. The Morgan fingerprint density at radius 3 is 2.16 bits per heavy atom. The molecule has 0 bridgehead atoms. The number of phenolic OH excluding ortho intramolecular Hbond substituents is 1. The van der Waals surface area contributed by atoms with Crippen LogP contribution >= 0.6 is 39.1 Å². The van der Waals surface area contributed by atoms with E-state index in [1.165, 1.54) is 24.3 Å². The first-order chi connectivity index (χ1) is 21.0. The summed E-state index contributed by atoms with van der Waals surface area (Å²) in [7, 11) is 0.938. The number of anilines is 1. The van der Waals surface area contributed by atoms with E-state index in [0.29, 0.717) is 4.47 Å². The zero-order valence-electron chi connectivity index (χ0n) is 22.3. The van der Waals surface area contributed by atoms with Gasteiger partial charge in [-0.1, -0.05) is 27.6 Å². The van der Waals surface area contributed by atoms with Crippen LogP contribution in [0, 0.1) is 46.8 Å². The summed E-state index contributed by atoms with van der Waals surface area (Å²) in [6, 6.07) is 3.87. The third-order valence-corrected chi connectivity index (χ3v) is 10.8. The van der Waals surface area contributed by atoms with E-state index in [1.807, 2.05) is 0 Å². The molecule has 2 heterocycles. The molecule has 17 heteroatoms. The first kappa shape index (κ1) is 31.4. The number of phenols is 1. The van der Waals surface area contributed by atoms with Crippen LogP contribution < -0.4 is 4.90 Å². The molecular weight excluding hydrogens is 722 g/mol. The number of fused-ring (bicyclic) bond motifs is 4. The molecule has 2 saturated heterocycles. The Morgan fingerprint density at radius 1 is 0.956 bits per heavy atom. The van der Waals surface area contributed by atoms with Gasteiger partial charge in [0.2, 0.25) is 17.6 Å². The van der Waals surface area contributed by atoms with Crippen LogP contribution in [0.15, 0.2) is 34.3 Å². The number of ether oxygens (including phenoxy) is 1. The van der Waals surface area contributed by atoms with Crippen molar-refractivity contribution in [2.45, 2.75) is 28.5 Å². The second-order valence-corrected chi connectivity index (χ2v) is 13.0. The minimum absolute atomic E-state index is 0.101. The quantitative estimate of drug-likeness (QED) is 0.113. The summed E-state index contributed by atoms with van der Waals surface area (Å²) in [5.74, 6) is -23.8. The number of nitrogens with zero attached hydrogens (tertiary/aromatic N) is 2. The topological polar surface area (TPSA) is 121 Å². The van der Waals surface area contributed by atoms with Crippen LogP contribution in [0.2, 0.25) is 0 Å². The average Bonchev–Trinajstić information content (AvgIpc) is 3.34. The standard InChI is InChI=1S/C28H16BrCl2F5N2O7/c1-45-26(44)38-22(40)10-4-3-9-12(14(10)23(38)41)7-27(30)24(42)37(21-19(35)17(33)16(32)18(34)20(21)36)25(43)28(27,31)15(9)11-6-8(29)2-5-13(11)39/h2-3,5-6,10,12,14-15,39H,4,7H2,1H3/t10-,12+,14-,15+,27+,28-/m0/s1. The maximum atomic E-state index is 15.0. The Hall–Kier alpha value is -3.56. The van der Waals surface area contributed by atoms with E-state index in [9.17, 15) is 42.3 Å².